The number of rotatable bonds is 7. The number of carboxylic acid groups (broad SMARTS) is 1. The van der Waals surface area contributed by atoms with Crippen LogP contribution < -0.4 is 34.7 Å². The summed E-state index contributed by atoms with van der Waals surface area (Å²) in [7, 11) is 0. The fourth-order valence-electron chi connectivity index (χ4n) is 3.45. The van der Waals surface area contributed by atoms with Crippen molar-refractivity contribution in [2.45, 2.75) is 13.3 Å². The number of ketones is 1. The maximum atomic E-state index is 13.5. The fourth-order valence-corrected chi connectivity index (χ4v) is 3.97. The minimum absolute atomic E-state index is 0. The number of fused-ring (bicyclic) bond motifs is 1. The number of carbonyl (C=O) groups excluding carboxylic acids is 2. The smallest absolute Gasteiger partial charge is 0.545 e. The molecule has 0 atom stereocenters. The molecular weight excluding hydrogens is 465 g/mol. The van der Waals surface area contributed by atoms with Crippen LogP contribution in [0.1, 0.15) is 27.0 Å². The standard InChI is InChI=1S/C24H17N3O5S.Na/c1-14-2-6-16(7-3-14)23(28)19(12-15-4-9-18(10-5-15)27(31)32)22(24(29)30)17-8-11-20-21(13-17)26-33-25-20;/h2-11,13H,12H2,1H3,(H,29,30);/q;+1/p-1/b22-19+;. The van der Waals surface area contributed by atoms with E-state index in [1.165, 1.54) is 24.3 Å². The van der Waals surface area contributed by atoms with Crippen LogP contribution in [0.5, 0.6) is 0 Å². The maximum Gasteiger partial charge on any atom is 1.00 e. The summed E-state index contributed by atoms with van der Waals surface area (Å²) in [6.07, 6.45) is -0.0542. The van der Waals surface area contributed by atoms with Gasteiger partial charge in [-0.25, -0.2) is 0 Å². The van der Waals surface area contributed by atoms with Gasteiger partial charge in [0.25, 0.3) is 5.69 Å². The Labute approximate surface area is 220 Å². The number of hydrogen-bond donors (Lipinski definition) is 0. The van der Waals surface area contributed by atoms with Crippen molar-refractivity contribution in [3.05, 3.63) is 105 Å². The normalized spacial score (nSPS) is 11.4. The Morgan fingerprint density at radius 3 is 2.15 bits per heavy atom. The SMILES string of the molecule is Cc1ccc(C(=O)/C(Cc2ccc([N+](=O)[O-])cc2)=C(/C(=O)[O-])c2ccc3nsnc3c2)cc1.[Na+]. The summed E-state index contributed by atoms with van der Waals surface area (Å²) < 4.78 is 8.27. The van der Waals surface area contributed by atoms with Gasteiger partial charge in [0, 0.05) is 35.3 Å². The van der Waals surface area contributed by atoms with Crippen molar-refractivity contribution in [2.75, 3.05) is 0 Å². The molecule has 8 nitrogen and oxygen atoms in total. The first-order chi connectivity index (χ1) is 15.8. The molecule has 0 unspecified atom stereocenters. The molecule has 0 aliphatic carbocycles. The van der Waals surface area contributed by atoms with Crippen LogP contribution >= 0.6 is 11.7 Å². The molecule has 0 aliphatic heterocycles. The third-order valence-electron chi connectivity index (χ3n) is 5.16. The van der Waals surface area contributed by atoms with Gasteiger partial charge in [0.1, 0.15) is 11.0 Å². The Bertz CT molecular complexity index is 1410. The number of nitrogens with zero attached hydrogens (tertiary/aromatic N) is 3. The van der Waals surface area contributed by atoms with Gasteiger partial charge in [-0.2, -0.15) is 8.75 Å². The van der Waals surface area contributed by atoms with Gasteiger partial charge in [0.05, 0.1) is 22.6 Å². The number of aliphatic carboxylic acids is 1. The number of hydrogen-bond acceptors (Lipinski definition) is 8. The predicted octanol–water partition coefficient (Wildman–Crippen LogP) is 0.541. The predicted molar refractivity (Wildman–Crippen MR) is 122 cm³/mol. The van der Waals surface area contributed by atoms with Crippen LogP contribution in [0.25, 0.3) is 16.6 Å². The number of aromatic nitrogens is 2. The molecule has 4 rings (SSSR count). The fraction of sp³-hybridized carbons (Fsp3) is 0.0833. The largest absolute Gasteiger partial charge is 1.00 e. The van der Waals surface area contributed by atoms with Gasteiger partial charge in [0.2, 0.25) is 0 Å². The first-order valence-corrected chi connectivity index (χ1v) is 10.6. The molecule has 0 fully saturated rings. The van der Waals surface area contributed by atoms with E-state index in [9.17, 15) is 24.8 Å². The average Bonchev–Trinajstić information content (AvgIpc) is 3.27. The van der Waals surface area contributed by atoms with Gasteiger partial charge >= 0.3 is 29.6 Å². The second-order valence-electron chi connectivity index (χ2n) is 7.40. The third kappa shape index (κ3) is 5.45. The molecule has 4 aromatic rings. The zero-order valence-electron chi connectivity index (χ0n) is 18.3. The molecule has 0 amide bonds. The van der Waals surface area contributed by atoms with Crippen LogP contribution in [0.4, 0.5) is 5.69 Å². The topological polar surface area (TPSA) is 126 Å². The Kier molecular flexibility index (Phi) is 8.06. The number of nitro groups is 1. The maximum absolute atomic E-state index is 13.5. The Morgan fingerprint density at radius 1 is 0.912 bits per heavy atom. The van der Waals surface area contributed by atoms with E-state index in [0.717, 1.165) is 17.3 Å². The van der Waals surface area contributed by atoms with Gasteiger partial charge < -0.3 is 9.90 Å². The summed E-state index contributed by atoms with van der Waals surface area (Å²) in [6.45, 7) is 1.88. The van der Waals surface area contributed by atoms with Crippen molar-refractivity contribution in [1.82, 2.24) is 8.75 Å². The van der Waals surface area contributed by atoms with Crippen molar-refractivity contribution in [3.63, 3.8) is 0 Å². The van der Waals surface area contributed by atoms with Gasteiger partial charge in [0.15, 0.2) is 5.78 Å². The number of Topliss-reactive ketones (excluding diaryl/α,β-unsaturated/α-hetero) is 1. The van der Waals surface area contributed by atoms with E-state index in [0.29, 0.717) is 22.2 Å². The Morgan fingerprint density at radius 2 is 1.53 bits per heavy atom. The van der Waals surface area contributed by atoms with Crippen LogP contribution in [-0.2, 0) is 11.2 Å². The van der Waals surface area contributed by atoms with Gasteiger partial charge in [-0.05, 0) is 30.2 Å². The number of aryl methyl sites for hydroxylation is 1. The van der Waals surface area contributed by atoms with E-state index in [4.69, 9.17) is 0 Å². The van der Waals surface area contributed by atoms with E-state index < -0.39 is 16.7 Å². The van der Waals surface area contributed by atoms with E-state index in [1.54, 1.807) is 42.5 Å². The molecule has 0 N–H and O–H groups in total. The Balaban J connectivity index is 0.00000324. The first kappa shape index (κ1) is 25.4. The summed E-state index contributed by atoms with van der Waals surface area (Å²) in [5, 5.41) is 23.3. The molecule has 0 saturated carbocycles. The van der Waals surface area contributed by atoms with E-state index in [-0.39, 0.29) is 58.4 Å². The third-order valence-corrected chi connectivity index (χ3v) is 5.72. The van der Waals surface area contributed by atoms with E-state index in [1.807, 2.05) is 6.92 Å². The molecule has 3 aromatic carbocycles. The summed E-state index contributed by atoms with van der Waals surface area (Å²) in [6, 6.07) is 17.2. The molecule has 34 heavy (non-hydrogen) atoms. The minimum Gasteiger partial charge on any atom is -0.545 e. The number of carbonyl (C=O) groups is 2. The molecule has 0 spiro atoms. The second kappa shape index (κ2) is 10.8. The molecule has 164 valence electrons. The molecule has 0 saturated heterocycles. The molecule has 0 aliphatic rings. The van der Waals surface area contributed by atoms with Crippen LogP contribution in [0.2, 0.25) is 0 Å². The van der Waals surface area contributed by atoms with Gasteiger partial charge in [-0.15, -0.1) is 0 Å². The van der Waals surface area contributed by atoms with Crippen LogP contribution in [0.3, 0.4) is 0 Å². The molecular formula is C24H16N3NaO5S. The number of non-ortho nitro benzene ring substituents is 1. The Hall–Kier alpha value is -3.24. The first-order valence-electron chi connectivity index (χ1n) is 9.85. The van der Waals surface area contributed by atoms with Crippen molar-refractivity contribution >= 4 is 45.8 Å². The monoisotopic (exact) mass is 481 g/mol. The van der Waals surface area contributed by atoms with Crippen LogP contribution in [-0.4, -0.2) is 25.4 Å². The minimum atomic E-state index is -1.50. The molecule has 10 heteroatoms. The van der Waals surface area contributed by atoms with Gasteiger partial charge in [-0.3, -0.25) is 14.9 Å². The van der Waals surface area contributed by atoms with Crippen molar-refractivity contribution in [1.29, 1.82) is 0 Å². The number of nitro benzene ring substituents is 1. The number of benzene rings is 3. The zero-order chi connectivity index (χ0) is 23.5. The summed E-state index contributed by atoms with van der Waals surface area (Å²) >= 11 is 1.000. The van der Waals surface area contributed by atoms with Crippen molar-refractivity contribution in [2.24, 2.45) is 0 Å². The van der Waals surface area contributed by atoms with E-state index >= 15 is 0 Å². The summed E-state index contributed by atoms with van der Waals surface area (Å²) in [5.41, 5.74) is 2.87. The van der Waals surface area contributed by atoms with Gasteiger partial charge in [-0.1, -0.05) is 48.0 Å². The zero-order valence-corrected chi connectivity index (χ0v) is 21.2. The summed E-state index contributed by atoms with van der Waals surface area (Å²) in [5.74, 6) is -1.97. The van der Waals surface area contributed by atoms with Crippen molar-refractivity contribution < 1.29 is 49.2 Å². The van der Waals surface area contributed by atoms with Crippen molar-refractivity contribution in [3.8, 4) is 0 Å². The summed E-state index contributed by atoms with van der Waals surface area (Å²) in [4.78, 5) is 36.2. The van der Waals surface area contributed by atoms with E-state index in [2.05, 4.69) is 8.75 Å². The molecule has 0 bridgehead atoms. The average molecular weight is 481 g/mol. The van der Waals surface area contributed by atoms with Crippen LogP contribution in [0.15, 0.2) is 72.3 Å². The van der Waals surface area contributed by atoms with Crippen LogP contribution in [0, 0.1) is 17.0 Å². The number of carboxylic acids is 1. The number of allylic oxidation sites excluding steroid dienone is 1. The molecule has 1 heterocycles. The molecule has 0 radical (unpaired) electrons. The molecule has 1 aromatic heterocycles. The second-order valence-corrected chi connectivity index (χ2v) is 7.93. The quantitative estimate of drug-likeness (QED) is 0.124.